The summed E-state index contributed by atoms with van der Waals surface area (Å²) in [5.74, 6) is 0.638. The molecule has 0 saturated heterocycles. The summed E-state index contributed by atoms with van der Waals surface area (Å²) in [4.78, 5) is 8.41. The van der Waals surface area contributed by atoms with Crippen LogP contribution >= 0.6 is 0 Å². The van der Waals surface area contributed by atoms with Crippen molar-refractivity contribution in [2.45, 2.75) is 25.3 Å². The quantitative estimate of drug-likeness (QED) is 0.860. The second-order valence-electron chi connectivity index (χ2n) is 4.87. The number of aromatic nitrogens is 2. The van der Waals surface area contributed by atoms with E-state index in [9.17, 15) is 8.42 Å². The van der Waals surface area contributed by atoms with E-state index >= 15 is 0 Å². The molecule has 1 aromatic heterocycles. The van der Waals surface area contributed by atoms with Gasteiger partial charge in [-0.3, -0.25) is 0 Å². The molecular formula is C14H18N4O3S. The van der Waals surface area contributed by atoms with Crippen LogP contribution in [-0.4, -0.2) is 25.5 Å². The van der Waals surface area contributed by atoms with Crippen molar-refractivity contribution < 1.29 is 13.2 Å². The fourth-order valence-electron chi connectivity index (χ4n) is 1.95. The molecule has 0 unspecified atom stereocenters. The number of methoxy groups -OCH3 is 1. The van der Waals surface area contributed by atoms with E-state index < -0.39 is 10.0 Å². The Balaban J connectivity index is 2.17. The molecular weight excluding hydrogens is 304 g/mol. The van der Waals surface area contributed by atoms with Crippen molar-refractivity contribution >= 4 is 15.8 Å². The van der Waals surface area contributed by atoms with Crippen LogP contribution in [0, 0.1) is 13.8 Å². The Morgan fingerprint density at radius 2 is 1.95 bits per heavy atom. The summed E-state index contributed by atoms with van der Waals surface area (Å²) in [5.41, 5.74) is 2.56. The highest BCUT2D eigenvalue weighted by atomic mass is 32.2. The Bertz CT molecular complexity index is 791. The van der Waals surface area contributed by atoms with E-state index in [-0.39, 0.29) is 4.90 Å². The average molecular weight is 322 g/mol. The first-order valence-corrected chi connectivity index (χ1v) is 8.10. The zero-order chi connectivity index (χ0) is 16.3. The maximum absolute atomic E-state index is 11.3. The van der Waals surface area contributed by atoms with Gasteiger partial charge in [0.25, 0.3) is 0 Å². The summed E-state index contributed by atoms with van der Waals surface area (Å²) < 4.78 is 27.7. The van der Waals surface area contributed by atoms with Gasteiger partial charge in [-0.2, -0.15) is 4.98 Å². The standard InChI is InChI=1S/C14H18N4O3S/c1-9-6-12(22(15,19)20)5-4-11(9)8-16-13-7-10(2)17-14(18-13)21-3/h4-7H,8H2,1-3H3,(H2,15,19,20)(H,16,17,18). The summed E-state index contributed by atoms with van der Waals surface area (Å²) in [6.45, 7) is 4.18. The minimum atomic E-state index is -3.68. The molecule has 2 aromatic rings. The Hall–Kier alpha value is -2.19. The number of aryl methyl sites for hydroxylation is 2. The molecule has 0 saturated carbocycles. The van der Waals surface area contributed by atoms with Crippen LogP contribution in [0.4, 0.5) is 5.82 Å². The van der Waals surface area contributed by atoms with E-state index in [1.54, 1.807) is 18.2 Å². The van der Waals surface area contributed by atoms with Crippen molar-refractivity contribution in [3.05, 3.63) is 41.1 Å². The first-order chi connectivity index (χ1) is 10.3. The number of benzene rings is 1. The molecule has 0 atom stereocenters. The molecule has 8 heteroatoms. The molecule has 0 amide bonds. The summed E-state index contributed by atoms with van der Waals surface area (Å²) in [5, 5.41) is 8.28. The maximum Gasteiger partial charge on any atom is 0.318 e. The number of nitrogens with two attached hydrogens (primary N) is 1. The van der Waals surface area contributed by atoms with Crippen LogP contribution in [-0.2, 0) is 16.6 Å². The van der Waals surface area contributed by atoms with Crippen LogP contribution in [0.5, 0.6) is 6.01 Å². The Kier molecular flexibility index (Phi) is 4.62. The molecule has 2 rings (SSSR count). The molecule has 0 radical (unpaired) electrons. The summed E-state index contributed by atoms with van der Waals surface area (Å²) >= 11 is 0. The van der Waals surface area contributed by atoms with E-state index in [4.69, 9.17) is 9.88 Å². The van der Waals surface area contributed by atoms with Gasteiger partial charge in [0.2, 0.25) is 10.0 Å². The second kappa shape index (κ2) is 6.29. The lowest BCUT2D eigenvalue weighted by Crippen LogP contribution is -2.13. The molecule has 3 N–H and O–H groups in total. The number of hydrogen-bond acceptors (Lipinski definition) is 6. The van der Waals surface area contributed by atoms with E-state index in [0.29, 0.717) is 18.4 Å². The molecule has 0 aliphatic rings. The van der Waals surface area contributed by atoms with E-state index in [1.165, 1.54) is 13.2 Å². The van der Waals surface area contributed by atoms with E-state index in [2.05, 4.69) is 15.3 Å². The third kappa shape index (κ3) is 3.92. The molecule has 22 heavy (non-hydrogen) atoms. The van der Waals surface area contributed by atoms with Crippen molar-refractivity contribution in [1.82, 2.24) is 9.97 Å². The van der Waals surface area contributed by atoms with Gasteiger partial charge in [-0.1, -0.05) is 6.07 Å². The highest BCUT2D eigenvalue weighted by Gasteiger charge is 2.10. The van der Waals surface area contributed by atoms with Crippen LogP contribution in [0.25, 0.3) is 0 Å². The monoisotopic (exact) mass is 322 g/mol. The lowest BCUT2D eigenvalue weighted by atomic mass is 10.1. The first kappa shape index (κ1) is 16.2. The lowest BCUT2D eigenvalue weighted by Gasteiger charge is -2.10. The van der Waals surface area contributed by atoms with Gasteiger partial charge < -0.3 is 10.1 Å². The fourth-order valence-corrected chi connectivity index (χ4v) is 2.55. The largest absolute Gasteiger partial charge is 0.467 e. The normalized spacial score (nSPS) is 11.3. The van der Waals surface area contributed by atoms with Crippen molar-refractivity contribution in [1.29, 1.82) is 0 Å². The molecule has 0 spiro atoms. The minimum absolute atomic E-state index is 0.105. The van der Waals surface area contributed by atoms with Crippen molar-refractivity contribution in [2.75, 3.05) is 12.4 Å². The predicted molar refractivity (Wildman–Crippen MR) is 83.2 cm³/mol. The number of rotatable bonds is 5. The smallest absolute Gasteiger partial charge is 0.318 e. The molecule has 118 valence electrons. The van der Waals surface area contributed by atoms with Gasteiger partial charge in [0.1, 0.15) is 5.82 Å². The first-order valence-electron chi connectivity index (χ1n) is 6.55. The Labute approximate surface area is 129 Å². The van der Waals surface area contributed by atoms with Crippen molar-refractivity contribution in [3.8, 4) is 6.01 Å². The number of hydrogen-bond donors (Lipinski definition) is 2. The number of sulfonamides is 1. The average Bonchev–Trinajstić information content (AvgIpc) is 2.44. The summed E-state index contributed by atoms with van der Waals surface area (Å²) in [7, 11) is -2.17. The van der Waals surface area contributed by atoms with E-state index in [1.807, 2.05) is 13.8 Å². The molecule has 0 aliphatic carbocycles. The van der Waals surface area contributed by atoms with Gasteiger partial charge in [-0.25, -0.2) is 18.5 Å². The van der Waals surface area contributed by atoms with Gasteiger partial charge >= 0.3 is 6.01 Å². The maximum atomic E-state index is 11.3. The number of nitrogens with one attached hydrogen (secondary N) is 1. The fraction of sp³-hybridized carbons (Fsp3) is 0.286. The highest BCUT2D eigenvalue weighted by Crippen LogP contribution is 2.17. The molecule has 0 aliphatic heterocycles. The van der Waals surface area contributed by atoms with Gasteiger partial charge in [0.15, 0.2) is 0 Å². The number of nitrogens with zero attached hydrogens (tertiary/aromatic N) is 2. The predicted octanol–water partition coefficient (Wildman–Crippen LogP) is 1.36. The van der Waals surface area contributed by atoms with Gasteiger partial charge in [0.05, 0.1) is 12.0 Å². The zero-order valence-corrected chi connectivity index (χ0v) is 13.4. The van der Waals surface area contributed by atoms with Gasteiger partial charge in [-0.05, 0) is 37.1 Å². The summed E-state index contributed by atoms with van der Waals surface area (Å²) in [6.07, 6.45) is 0. The molecule has 0 fully saturated rings. The number of anilines is 1. The molecule has 7 nitrogen and oxygen atoms in total. The minimum Gasteiger partial charge on any atom is -0.467 e. The third-order valence-electron chi connectivity index (χ3n) is 3.12. The number of primary sulfonamides is 1. The van der Waals surface area contributed by atoms with Gasteiger partial charge in [-0.15, -0.1) is 0 Å². The van der Waals surface area contributed by atoms with Crippen LogP contribution in [0.15, 0.2) is 29.2 Å². The zero-order valence-electron chi connectivity index (χ0n) is 12.6. The Morgan fingerprint density at radius 1 is 1.23 bits per heavy atom. The van der Waals surface area contributed by atoms with Crippen LogP contribution in [0.2, 0.25) is 0 Å². The molecule has 0 bridgehead atoms. The van der Waals surface area contributed by atoms with Crippen LogP contribution in [0.3, 0.4) is 0 Å². The van der Waals surface area contributed by atoms with Crippen molar-refractivity contribution in [2.24, 2.45) is 5.14 Å². The number of ether oxygens (including phenoxy) is 1. The SMILES string of the molecule is COc1nc(C)cc(NCc2ccc(S(N)(=O)=O)cc2C)n1. The molecule has 1 aromatic carbocycles. The van der Waals surface area contributed by atoms with Crippen LogP contribution < -0.4 is 15.2 Å². The highest BCUT2D eigenvalue weighted by molar-refractivity contribution is 7.89. The van der Waals surface area contributed by atoms with Gasteiger partial charge in [0, 0.05) is 18.3 Å². The third-order valence-corrected chi connectivity index (χ3v) is 4.03. The topological polar surface area (TPSA) is 107 Å². The molecule has 1 heterocycles. The summed E-state index contributed by atoms with van der Waals surface area (Å²) in [6, 6.07) is 6.87. The van der Waals surface area contributed by atoms with Crippen LogP contribution in [0.1, 0.15) is 16.8 Å². The van der Waals surface area contributed by atoms with Crippen molar-refractivity contribution in [3.63, 3.8) is 0 Å². The Morgan fingerprint density at radius 3 is 2.55 bits per heavy atom. The second-order valence-corrected chi connectivity index (χ2v) is 6.43. The van der Waals surface area contributed by atoms with E-state index in [0.717, 1.165) is 16.8 Å². The lowest BCUT2D eigenvalue weighted by molar-refractivity contribution is 0.379.